The maximum absolute atomic E-state index is 12.0. The van der Waals surface area contributed by atoms with Crippen LogP contribution < -0.4 is 10.1 Å². The lowest BCUT2D eigenvalue weighted by atomic mass is 9.90. The summed E-state index contributed by atoms with van der Waals surface area (Å²) in [4.78, 5) is 12.0. The summed E-state index contributed by atoms with van der Waals surface area (Å²) in [6.07, 6.45) is 0.837. The fourth-order valence-corrected chi connectivity index (χ4v) is 2.08. The molecule has 1 aliphatic heterocycles. The smallest absolute Gasteiger partial charge is 0.313 e. The Labute approximate surface area is 107 Å². The van der Waals surface area contributed by atoms with Gasteiger partial charge >= 0.3 is 5.97 Å². The van der Waals surface area contributed by atoms with Gasteiger partial charge in [-0.2, -0.15) is 0 Å². The monoisotopic (exact) mass is 249 g/mol. The van der Waals surface area contributed by atoms with Gasteiger partial charge in [-0.3, -0.25) is 4.79 Å². The van der Waals surface area contributed by atoms with E-state index in [9.17, 15) is 4.79 Å². The Balaban J connectivity index is 1.92. The molecular weight excluding hydrogens is 230 g/mol. The van der Waals surface area contributed by atoms with Gasteiger partial charge in [0.1, 0.15) is 12.4 Å². The van der Waals surface area contributed by atoms with Gasteiger partial charge in [0.25, 0.3) is 0 Å². The normalized spacial score (nSPS) is 22.8. The molecule has 1 atom stereocenters. The van der Waals surface area contributed by atoms with Gasteiger partial charge in [0.15, 0.2) is 0 Å². The van der Waals surface area contributed by atoms with Crippen molar-refractivity contribution in [1.82, 2.24) is 5.32 Å². The van der Waals surface area contributed by atoms with E-state index in [4.69, 9.17) is 9.47 Å². The number of benzene rings is 1. The Bertz CT molecular complexity index is 425. The molecule has 1 aromatic carbocycles. The van der Waals surface area contributed by atoms with Crippen LogP contribution in [0.2, 0.25) is 0 Å². The highest BCUT2D eigenvalue weighted by molar-refractivity contribution is 5.77. The third-order valence-electron chi connectivity index (χ3n) is 3.37. The van der Waals surface area contributed by atoms with Gasteiger partial charge in [0, 0.05) is 6.54 Å². The second-order valence-electron chi connectivity index (χ2n) is 4.92. The SMILES string of the molecule is COc1cccc(COC(=O)C2(C)CCNC2)c1. The zero-order chi connectivity index (χ0) is 13.0. The van der Waals surface area contributed by atoms with Crippen molar-refractivity contribution in [3.63, 3.8) is 0 Å². The molecule has 1 aromatic rings. The molecule has 1 N–H and O–H groups in total. The minimum absolute atomic E-state index is 0.129. The van der Waals surface area contributed by atoms with Crippen molar-refractivity contribution in [1.29, 1.82) is 0 Å². The van der Waals surface area contributed by atoms with E-state index in [0.717, 1.165) is 24.3 Å². The zero-order valence-electron chi connectivity index (χ0n) is 10.9. The van der Waals surface area contributed by atoms with Gasteiger partial charge < -0.3 is 14.8 Å². The van der Waals surface area contributed by atoms with Crippen LogP contribution in [0.4, 0.5) is 0 Å². The van der Waals surface area contributed by atoms with E-state index in [0.29, 0.717) is 13.2 Å². The molecule has 0 aliphatic carbocycles. The summed E-state index contributed by atoms with van der Waals surface area (Å²) in [7, 11) is 1.62. The molecule has 0 spiro atoms. The molecule has 18 heavy (non-hydrogen) atoms. The van der Waals surface area contributed by atoms with E-state index in [2.05, 4.69) is 5.32 Å². The fraction of sp³-hybridized carbons (Fsp3) is 0.500. The molecule has 1 unspecified atom stereocenters. The Morgan fingerprint density at radius 3 is 3.00 bits per heavy atom. The lowest BCUT2D eigenvalue weighted by Crippen LogP contribution is -2.31. The van der Waals surface area contributed by atoms with Crippen LogP contribution in [0.15, 0.2) is 24.3 Å². The van der Waals surface area contributed by atoms with E-state index < -0.39 is 0 Å². The Hall–Kier alpha value is -1.55. The molecule has 1 heterocycles. The first-order chi connectivity index (χ1) is 8.64. The van der Waals surface area contributed by atoms with Crippen LogP contribution in [-0.4, -0.2) is 26.2 Å². The van der Waals surface area contributed by atoms with Gasteiger partial charge in [0.2, 0.25) is 0 Å². The average Bonchev–Trinajstić information content (AvgIpc) is 2.84. The average molecular weight is 249 g/mol. The molecule has 4 nitrogen and oxygen atoms in total. The van der Waals surface area contributed by atoms with Crippen LogP contribution in [0, 0.1) is 5.41 Å². The summed E-state index contributed by atoms with van der Waals surface area (Å²) in [5.41, 5.74) is 0.566. The van der Waals surface area contributed by atoms with Gasteiger partial charge in [0.05, 0.1) is 12.5 Å². The van der Waals surface area contributed by atoms with E-state index >= 15 is 0 Å². The Morgan fingerprint density at radius 2 is 2.33 bits per heavy atom. The Morgan fingerprint density at radius 1 is 1.50 bits per heavy atom. The van der Waals surface area contributed by atoms with Crippen LogP contribution in [-0.2, 0) is 16.1 Å². The fourth-order valence-electron chi connectivity index (χ4n) is 2.08. The lowest BCUT2D eigenvalue weighted by molar-refractivity contribution is -0.155. The van der Waals surface area contributed by atoms with Crippen molar-refractivity contribution in [3.05, 3.63) is 29.8 Å². The first kappa shape index (κ1) is 12.9. The van der Waals surface area contributed by atoms with Crippen molar-refractivity contribution in [2.45, 2.75) is 20.0 Å². The molecular formula is C14H19NO3. The highest BCUT2D eigenvalue weighted by Crippen LogP contribution is 2.26. The molecule has 0 bridgehead atoms. The van der Waals surface area contributed by atoms with Crippen molar-refractivity contribution in [2.24, 2.45) is 5.41 Å². The standard InChI is InChI=1S/C14H19NO3/c1-14(6-7-15-10-14)13(16)18-9-11-4-3-5-12(8-11)17-2/h3-5,8,15H,6-7,9-10H2,1-2H3. The van der Waals surface area contributed by atoms with Gasteiger partial charge in [-0.25, -0.2) is 0 Å². The number of hydrogen-bond donors (Lipinski definition) is 1. The van der Waals surface area contributed by atoms with E-state index in [1.54, 1.807) is 7.11 Å². The third-order valence-corrected chi connectivity index (χ3v) is 3.37. The molecule has 0 saturated carbocycles. The van der Waals surface area contributed by atoms with Crippen LogP contribution in [0.3, 0.4) is 0 Å². The predicted octanol–water partition coefficient (Wildman–Crippen LogP) is 1.74. The van der Waals surface area contributed by atoms with Crippen molar-refractivity contribution < 1.29 is 14.3 Å². The van der Waals surface area contributed by atoms with Crippen molar-refractivity contribution in [3.8, 4) is 5.75 Å². The second-order valence-corrected chi connectivity index (χ2v) is 4.92. The van der Waals surface area contributed by atoms with Crippen LogP contribution in [0.1, 0.15) is 18.9 Å². The lowest BCUT2D eigenvalue weighted by Gasteiger charge is -2.20. The number of ether oxygens (including phenoxy) is 2. The summed E-state index contributed by atoms with van der Waals surface area (Å²) >= 11 is 0. The second kappa shape index (κ2) is 5.40. The third kappa shape index (κ3) is 2.82. The molecule has 0 radical (unpaired) electrons. The molecule has 1 aliphatic rings. The van der Waals surface area contributed by atoms with Crippen molar-refractivity contribution >= 4 is 5.97 Å². The van der Waals surface area contributed by atoms with Crippen LogP contribution >= 0.6 is 0 Å². The summed E-state index contributed by atoms with van der Waals surface area (Å²) in [6.45, 7) is 3.82. The van der Waals surface area contributed by atoms with E-state index in [1.807, 2.05) is 31.2 Å². The zero-order valence-corrected chi connectivity index (χ0v) is 10.9. The number of carbonyl (C=O) groups is 1. The summed E-state index contributed by atoms with van der Waals surface area (Å²) in [5.74, 6) is 0.646. The highest BCUT2D eigenvalue weighted by atomic mass is 16.5. The molecule has 4 heteroatoms. The first-order valence-electron chi connectivity index (χ1n) is 6.15. The number of esters is 1. The molecule has 0 amide bonds. The van der Waals surface area contributed by atoms with Crippen molar-refractivity contribution in [2.75, 3.05) is 20.2 Å². The predicted molar refractivity (Wildman–Crippen MR) is 68.4 cm³/mol. The van der Waals surface area contributed by atoms with Gasteiger partial charge in [-0.05, 0) is 37.6 Å². The number of methoxy groups -OCH3 is 1. The van der Waals surface area contributed by atoms with E-state index in [1.165, 1.54) is 0 Å². The Kier molecular flexibility index (Phi) is 3.87. The summed E-state index contributed by atoms with van der Waals surface area (Å²) in [6, 6.07) is 7.56. The van der Waals surface area contributed by atoms with Crippen LogP contribution in [0.5, 0.6) is 5.75 Å². The minimum Gasteiger partial charge on any atom is -0.497 e. The largest absolute Gasteiger partial charge is 0.497 e. The molecule has 0 aromatic heterocycles. The van der Waals surface area contributed by atoms with E-state index in [-0.39, 0.29) is 11.4 Å². The molecule has 1 fully saturated rings. The van der Waals surface area contributed by atoms with Gasteiger partial charge in [-0.1, -0.05) is 12.1 Å². The molecule has 2 rings (SSSR count). The minimum atomic E-state index is -0.376. The maximum atomic E-state index is 12.0. The topological polar surface area (TPSA) is 47.6 Å². The quantitative estimate of drug-likeness (QED) is 0.826. The maximum Gasteiger partial charge on any atom is 0.313 e. The molecule has 98 valence electrons. The summed E-state index contributed by atoms with van der Waals surface area (Å²) in [5, 5.41) is 3.19. The summed E-state index contributed by atoms with van der Waals surface area (Å²) < 4.78 is 10.5. The first-order valence-corrected chi connectivity index (χ1v) is 6.15. The number of carbonyl (C=O) groups excluding carboxylic acids is 1. The number of hydrogen-bond acceptors (Lipinski definition) is 4. The van der Waals surface area contributed by atoms with Crippen LogP contribution in [0.25, 0.3) is 0 Å². The molecule has 1 saturated heterocycles. The number of nitrogens with one attached hydrogen (secondary N) is 1. The van der Waals surface area contributed by atoms with Gasteiger partial charge in [-0.15, -0.1) is 0 Å². The highest BCUT2D eigenvalue weighted by Gasteiger charge is 2.37. The number of rotatable bonds is 4.